The maximum atomic E-state index is 12.1. The third-order valence-electron chi connectivity index (χ3n) is 3.72. The molecule has 4 nitrogen and oxygen atoms in total. The van der Waals surface area contributed by atoms with Crippen LogP contribution in [0, 0.1) is 0 Å². The van der Waals surface area contributed by atoms with Crippen molar-refractivity contribution in [2.24, 2.45) is 5.73 Å². The molecule has 0 bridgehead atoms. The number of benzene rings is 3. The number of urea groups is 1. The molecule has 0 spiro atoms. The van der Waals surface area contributed by atoms with E-state index in [-0.39, 0.29) is 6.03 Å². The van der Waals surface area contributed by atoms with Crippen LogP contribution >= 0.6 is 0 Å². The van der Waals surface area contributed by atoms with Crippen LogP contribution in [0.3, 0.4) is 0 Å². The Hall–Kier alpha value is -2.85. The topological polar surface area (TPSA) is 67.1 Å². The van der Waals surface area contributed by atoms with Crippen LogP contribution in [0.5, 0.6) is 0 Å². The molecule has 0 heterocycles. The lowest BCUT2D eigenvalue weighted by molar-refractivity contribution is 0.252. The fourth-order valence-corrected chi connectivity index (χ4v) is 2.55. The summed E-state index contributed by atoms with van der Waals surface area (Å²) in [4.78, 5) is 12.1. The van der Waals surface area contributed by atoms with Crippen LogP contribution in [-0.2, 0) is 13.1 Å². The minimum atomic E-state index is -0.223. The fourth-order valence-electron chi connectivity index (χ4n) is 2.55. The maximum absolute atomic E-state index is 12.1. The molecule has 0 saturated heterocycles. The number of amides is 2. The molecule has 0 aliphatic heterocycles. The zero-order valence-corrected chi connectivity index (χ0v) is 12.8. The Balaban J connectivity index is 1.67. The van der Waals surface area contributed by atoms with Crippen molar-refractivity contribution in [2.45, 2.75) is 13.1 Å². The molecule has 116 valence electrons. The molecule has 0 unspecified atom stereocenters. The molecule has 0 atom stereocenters. The van der Waals surface area contributed by atoms with Crippen LogP contribution in [0.1, 0.15) is 11.1 Å². The number of rotatable bonds is 4. The van der Waals surface area contributed by atoms with E-state index in [2.05, 4.69) is 10.6 Å². The summed E-state index contributed by atoms with van der Waals surface area (Å²) >= 11 is 0. The number of carbonyl (C=O) groups excluding carboxylic acids is 1. The van der Waals surface area contributed by atoms with Crippen molar-refractivity contribution in [1.82, 2.24) is 5.32 Å². The number of hydrogen-bond donors (Lipinski definition) is 3. The molecule has 4 N–H and O–H groups in total. The van der Waals surface area contributed by atoms with E-state index in [1.54, 1.807) is 0 Å². The van der Waals surface area contributed by atoms with Crippen molar-refractivity contribution >= 4 is 22.5 Å². The molecule has 4 heteroatoms. The Morgan fingerprint density at radius 2 is 1.65 bits per heavy atom. The van der Waals surface area contributed by atoms with Gasteiger partial charge in [-0.05, 0) is 22.6 Å². The van der Waals surface area contributed by atoms with E-state index in [1.165, 1.54) is 0 Å². The van der Waals surface area contributed by atoms with E-state index < -0.39 is 0 Å². The fraction of sp³-hybridized carbons (Fsp3) is 0.105. The average Bonchev–Trinajstić information content (AvgIpc) is 2.60. The van der Waals surface area contributed by atoms with Crippen LogP contribution in [0.25, 0.3) is 10.8 Å². The summed E-state index contributed by atoms with van der Waals surface area (Å²) in [6.07, 6.45) is 0. The van der Waals surface area contributed by atoms with Gasteiger partial charge in [-0.2, -0.15) is 0 Å². The first kappa shape index (κ1) is 15.1. The van der Waals surface area contributed by atoms with Gasteiger partial charge in [-0.15, -0.1) is 0 Å². The van der Waals surface area contributed by atoms with Gasteiger partial charge < -0.3 is 16.4 Å². The van der Waals surface area contributed by atoms with Crippen molar-refractivity contribution in [2.75, 3.05) is 5.32 Å². The Bertz CT molecular complexity index is 824. The molecule has 0 saturated carbocycles. The monoisotopic (exact) mass is 305 g/mol. The van der Waals surface area contributed by atoms with Crippen LogP contribution in [0.4, 0.5) is 10.5 Å². The second-order valence-corrected chi connectivity index (χ2v) is 5.36. The zero-order valence-electron chi connectivity index (χ0n) is 12.8. The molecule has 2 amide bonds. The lowest BCUT2D eigenvalue weighted by Crippen LogP contribution is -2.28. The Labute approximate surface area is 135 Å². The van der Waals surface area contributed by atoms with Crippen LogP contribution < -0.4 is 16.4 Å². The molecule has 0 radical (unpaired) electrons. The minimum absolute atomic E-state index is 0.223. The summed E-state index contributed by atoms with van der Waals surface area (Å²) in [5.74, 6) is 0. The summed E-state index contributed by atoms with van der Waals surface area (Å²) in [7, 11) is 0. The first-order chi connectivity index (χ1) is 11.3. The number of carbonyl (C=O) groups is 1. The first-order valence-electron chi connectivity index (χ1n) is 7.57. The van der Waals surface area contributed by atoms with Gasteiger partial charge in [0.1, 0.15) is 0 Å². The summed E-state index contributed by atoms with van der Waals surface area (Å²) in [6.45, 7) is 0.959. The number of hydrogen-bond acceptors (Lipinski definition) is 2. The molecular formula is C19H19N3O. The highest BCUT2D eigenvalue weighted by atomic mass is 16.2. The minimum Gasteiger partial charge on any atom is -0.334 e. The molecule has 3 rings (SSSR count). The SMILES string of the molecule is NCc1cccc(CNC(=O)Nc2cccc3ccccc23)c1. The van der Waals surface area contributed by atoms with Crippen molar-refractivity contribution in [3.8, 4) is 0 Å². The number of anilines is 1. The van der Waals surface area contributed by atoms with Gasteiger partial charge in [0, 0.05) is 18.5 Å². The maximum Gasteiger partial charge on any atom is 0.319 e. The molecular weight excluding hydrogens is 286 g/mol. The lowest BCUT2D eigenvalue weighted by atomic mass is 10.1. The second-order valence-electron chi connectivity index (χ2n) is 5.36. The van der Waals surface area contributed by atoms with E-state index in [1.807, 2.05) is 66.7 Å². The van der Waals surface area contributed by atoms with E-state index in [9.17, 15) is 4.79 Å². The predicted molar refractivity (Wildman–Crippen MR) is 94.1 cm³/mol. The second kappa shape index (κ2) is 6.94. The number of nitrogens with two attached hydrogens (primary N) is 1. The molecule has 3 aromatic carbocycles. The molecule has 0 aliphatic rings. The summed E-state index contributed by atoms with van der Waals surface area (Å²) in [5, 5.41) is 7.90. The van der Waals surface area contributed by atoms with Gasteiger partial charge in [0.2, 0.25) is 0 Å². The largest absolute Gasteiger partial charge is 0.334 e. The van der Waals surface area contributed by atoms with E-state index in [0.29, 0.717) is 13.1 Å². The van der Waals surface area contributed by atoms with Crippen molar-refractivity contribution in [1.29, 1.82) is 0 Å². The number of fused-ring (bicyclic) bond motifs is 1. The van der Waals surface area contributed by atoms with Gasteiger partial charge in [0.15, 0.2) is 0 Å². The normalized spacial score (nSPS) is 10.5. The highest BCUT2D eigenvalue weighted by Gasteiger charge is 2.05. The van der Waals surface area contributed by atoms with E-state index in [0.717, 1.165) is 27.6 Å². The standard InChI is InChI=1S/C19H19N3O/c20-12-14-5-3-6-15(11-14)13-21-19(23)22-18-10-4-8-16-7-1-2-9-17(16)18/h1-11H,12-13,20H2,(H2,21,22,23). The number of nitrogens with one attached hydrogen (secondary N) is 2. The zero-order chi connectivity index (χ0) is 16.1. The van der Waals surface area contributed by atoms with Gasteiger partial charge in [0.05, 0.1) is 5.69 Å². The van der Waals surface area contributed by atoms with E-state index in [4.69, 9.17) is 5.73 Å². The third kappa shape index (κ3) is 3.67. The smallest absolute Gasteiger partial charge is 0.319 e. The lowest BCUT2D eigenvalue weighted by Gasteiger charge is -2.10. The predicted octanol–water partition coefficient (Wildman–Crippen LogP) is 3.62. The highest BCUT2D eigenvalue weighted by Crippen LogP contribution is 2.22. The summed E-state index contributed by atoms with van der Waals surface area (Å²) in [6, 6.07) is 21.5. The summed E-state index contributed by atoms with van der Waals surface area (Å²) in [5.41, 5.74) is 8.52. The van der Waals surface area contributed by atoms with Gasteiger partial charge in [0.25, 0.3) is 0 Å². The average molecular weight is 305 g/mol. The van der Waals surface area contributed by atoms with Crippen LogP contribution in [0.15, 0.2) is 66.7 Å². The molecule has 0 aromatic heterocycles. The molecule has 23 heavy (non-hydrogen) atoms. The van der Waals surface area contributed by atoms with Crippen molar-refractivity contribution < 1.29 is 4.79 Å². The first-order valence-corrected chi connectivity index (χ1v) is 7.57. The Morgan fingerprint density at radius 3 is 2.52 bits per heavy atom. The van der Waals surface area contributed by atoms with Crippen molar-refractivity contribution in [3.63, 3.8) is 0 Å². The Kier molecular flexibility index (Phi) is 4.54. The Morgan fingerprint density at radius 1 is 0.913 bits per heavy atom. The van der Waals surface area contributed by atoms with Crippen LogP contribution in [0.2, 0.25) is 0 Å². The van der Waals surface area contributed by atoms with Gasteiger partial charge in [-0.1, -0.05) is 60.7 Å². The highest BCUT2D eigenvalue weighted by molar-refractivity contribution is 6.01. The van der Waals surface area contributed by atoms with Gasteiger partial charge in [-0.25, -0.2) is 4.79 Å². The van der Waals surface area contributed by atoms with E-state index >= 15 is 0 Å². The van der Waals surface area contributed by atoms with Crippen LogP contribution in [-0.4, -0.2) is 6.03 Å². The van der Waals surface area contributed by atoms with Gasteiger partial charge >= 0.3 is 6.03 Å². The van der Waals surface area contributed by atoms with Gasteiger partial charge in [-0.3, -0.25) is 0 Å². The third-order valence-corrected chi connectivity index (χ3v) is 3.72. The van der Waals surface area contributed by atoms with Crippen molar-refractivity contribution in [3.05, 3.63) is 77.9 Å². The molecule has 3 aromatic rings. The quantitative estimate of drug-likeness (QED) is 0.689. The molecule has 0 fully saturated rings. The molecule has 0 aliphatic carbocycles. The summed E-state index contributed by atoms with van der Waals surface area (Å²) < 4.78 is 0.